The van der Waals surface area contributed by atoms with Crippen molar-refractivity contribution in [1.82, 2.24) is 0 Å². The van der Waals surface area contributed by atoms with Crippen molar-refractivity contribution in [3.8, 4) is 0 Å². The molecule has 0 radical (unpaired) electrons. The van der Waals surface area contributed by atoms with Crippen LogP contribution >= 0.6 is 11.8 Å². The number of Topliss-reactive ketones (excluding diaryl/α,β-unsaturated/α-hetero) is 1. The summed E-state index contributed by atoms with van der Waals surface area (Å²) >= 11 is 1.72. The molecule has 7 heteroatoms. The number of carboxylic acids is 1. The van der Waals surface area contributed by atoms with Gasteiger partial charge in [-0.3, -0.25) is 13.8 Å². The summed E-state index contributed by atoms with van der Waals surface area (Å²) in [6.45, 7) is 7.87. The van der Waals surface area contributed by atoms with Gasteiger partial charge in [-0.1, -0.05) is 51.7 Å². The Balaban J connectivity index is 1.69. The molecule has 2 saturated heterocycles. The fourth-order valence-electron chi connectivity index (χ4n) is 4.58. The average Bonchev–Trinajstić information content (AvgIpc) is 3.28. The lowest BCUT2D eigenvalue weighted by molar-refractivity contribution is -0.147. The number of hydrogen-bond acceptors (Lipinski definition) is 5. The summed E-state index contributed by atoms with van der Waals surface area (Å²) < 4.78 is 12.9. The number of carbonyl (C=O) groups is 2. The van der Waals surface area contributed by atoms with Gasteiger partial charge < -0.3 is 10.2 Å². The second kappa shape index (κ2) is 12.9. The number of carboxylic acid groups (broad SMARTS) is 1. The van der Waals surface area contributed by atoms with E-state index in [1.165, 1.54) is 0 Å². The van der Waals surface area contributed by atoms with Gasteiger partial charge >= 0.3 is 5.97 Å². The van der Waals surface area contributed by atoms with Gasteiger partial charge in [0.25, 0.3) is 0 Å². The molecule has 2 fully saturated rings. The molecule has 2 aliphatic heterocycles. The van der Waals surface area contributed by atoms with E-state index in [0.717, 1.165) is 57.8 Å². The van der Waals surface area contributed by atoms with Gasteiger partial charge in [-0.15, -0.1) is 11.8 Å². The molecule has 5 atom stereocenters. The summed E-state index contributed by atoms with van der Waals surface area (Å²) in [4.78, 5) is 23.6. The number of hydrogen-bond donors (Lipinski definition) is 2. The molecule has 0 aromatic rings. The summed E-state index contributed by atoms with van der Waals surface area (Å²) in [6, 6.07) is 0. The first kappa shape index (κ1) is 28.6. The minimum Gasteiger partial charge on any atom is -0.481 e. The predicted octanol–water partition coefficient (Wildman–Crippen LogP) is 5.52. The van der Waals surface area contributed by atoms with E-state index in [4.69, 9.17) is 0 Å². The molecule has 0 bridgehead atoms. The van der Waals surface area contributed by atoms with Crippen LogP contribution in [0.15, 0.2) is 12.2 Å². The molecule has 2 heterocycles. The van der Waals surface area contributed by atoms with Crippen molar-refractivity contribution in [2.45, 2.75) is 119 Å². The maximum absolute atomic E-state index is 12.9. The number of aliphatic hydroxyl groups is 1. The third-order valence-electron chi connectivity index (χ3n) is 7.20. The Morgan fingerprint density at radius 2 is 1.73 bits per heavy atom. The smallest absolute Gasteiger partial charge is 0.309 e. The maximum Gasteiger partial charge on any atom is 0.309 e. The van der Waals surface area contributed by atoms with E-state index in [2.05, 4.69) is 26.0 Å². The quantitative estimate of drug-likeness (QED) is 0.241. The fraction of sp³-hybridized carbons (Fsp3) is 0.846. The Kier molecular flexibility index (Phi) is 11.1. The van der Waals surface area contributed by atoms with E-state index >= 15 is 0 Å². The molecule has 5 nitrogen and oxygen atoms in total. The van der Waals surface area contributed by atoms with Crippen molar-refractivity contribution in [3.63, 3.8) is 0 Å². The van der Waals surface area contributed by atoms with Crippen LogP contribution in [0.25, 0.3) is 0 Å². The minimum atomic E-state index is -0.839. The molecular weight excluding hydrogens is 456 g/mol. The maximum atomic E-state index is 12.9. The standard InChI is InChI=1S/C26H44O5S2/c1-25(2,18-27)15-7-5-9-20-13-14-21(33(20)31)12-11-19-17-22(28)23(32-19)10-6-8-16-26(3,4)24(29)30/h11-12,19-21,23,27H,5-10,13-18H2,1-4H3,(H,29,30). The molecule has 0 spiro atoms. The first-order chi connectivity index (χ1) is 15.4. The Hall–Kier alpha value is -0.660. The average molecular weight is 501 g/mol. The molecule has 0 aromatic heterocycles. The summed E-state index contributed by atoms with van der Waals surface area (Å²) in [5.74, 6) is -0.473. The monoisotopic (exact) mass is 500 g/mol. The highest BCUT2D eigenvalue weighted by atomic mass is 32.2. The van der Waals surface area contributed by atoms with Crippen molar-refractivity contribution in [2.75, 3.05) is 6.61 Å². The number of thioether (sulfide) groups is 1. The van der Waals surface area contributed by atoms with Gasteiger partial charge in [-0.2, -0.15) is 0 Å². The van der Waals surface area contributed by atoms with Crippen molar-refractivity contribution < 1.29 is 24.0 Å². The summed E-state index contributed by atoms with van der Waals surface area (Å²) in [5, 5.41) is 19.1. The third-order valence-corrected chi connectivity index (χ3v) is 10.8. The van der Waals surface area contributed by atoms with Crippen LogP contribution in [0.3, 0.4) is 0 Å². The molecular formula is C26H44O5S2. The Morgan fingerprint density at radius 1 is 1.06 bits per heavy atom. The van der Waals surface area contributed by atoms with Crippen LogP contribution in [0.1, 0.15) is 98.3 Å². The van der Waals surface area contributed by atoms with Crippen molar-refractivity contribution in [3.05, 3.63) is 12.2 Å². The van der Waals surface area contributed by atoms with Crippen molar-refractivity contribution in [1.29, 1.82) is 0 Å². The van der Waals surface area contributed by atoms with Crippen LogP contribution in [0, 0.1) is 10.8 Å². The van der Waals surface area contributed by atoms with Gasteiger partial charge in [0, 0.05) is 34.3 Å². The van der Waals surface area contributed by atoms with Crippen LogP contribution in [-0.2, 0) is 20.4 Å². The molecule has 190 valence electrons. The summed E-state index contributed by atoms with van der Waals surface area (Å²) in [7, 11) is -0.839. The SMILES string of the molecule is CC(C)(CO)CCCCC1CCC(C=CC2CC(=O)C(CCCCC(C)(C)C(=O)O)S2)S1=O. The highest BCUT2D eigenvalue weighted by Gasteiger charge is 2.34. The van der Waals surface area contributed by atoms with E-state index in [9.17, 15) is 24.0 Å². The number of aliphatic carboxylic acids is 1. The zero-order valence-electron chi connectivity index (χ0n) is 20.9. The molecule has 0 amide bonds. The molecule has 2 N–H and O–H groups in total. The normalized spacial score (nSPS) is 28.8. The summed E-state index contributed by atoms with van der Waals surface area (Å²) in [5.41, 5.74) is -0.730. The number of aliphatic hydroxyl groups excluding tert-OH is 1. The van der Waals surface area contributed by atoms with Gasteiger partial charge in [0.05, 0.1) is 15.9 Å². The van der Waals surface area contributed by atoms with Gasteiger partial charge in [0.1, 0.15) is 5.78 Å². The van der Waals surface area contributed by atoms with Gasteiger partial charge in [-0.05, 0) is 57.8 Å². The molecule has 5 unspecified atom stereocenters. The van der Waals surface area contributed by atoms with Crippen LogP contribution in [0.4, 0.5) is 0 Å². The summed E-state index contributed by atoms with van der Waals surface area (Å²) in [6.07, 6.45) is 14.0. The second-order valence-electron chi connectivity index (χ2n) is 11.3. The highest BCUT2D eigenvalue weighted by molar-refractivity contribution is 8.01. The van der Waals surface area contributed by atoms with Crippen molar-refractivity contribution in [2.24, 2.45) is 10.8 Å². The predicted molar refractivity (Wildman–Crippen MR) is 138 cm³/mol. The molecule has 0 saturated carbocycles. The molecule has 33 heavy (non-hydrogen) atoms. The first-order valence-corrected chi connectivity index (χ1v) is 14.8. The first-order valence-electron chi connectivity index (χ1n) is 12.6. The molecule has 0 aromatic carbocycles. The lowest BCUT2D eigenvalue weighted by atomic mass is 9.87. The Bertz CT molecular complexity index is 715. The number of unbranched alkanes of at least 4 members (excludes halogenated alkanes) is 2. The minimum absolute atomic E-state index is 0.0117. The van der Waals surface area contributed by atoms with Crippen molar-refractivity contribution >= 4 is 34.3 Å². The molecule has 2 rings (SSSR count). The fourth-order valence-corrected chi connectivity index (χ4v) is 7.87. The highest BCUT2D eigenvalue weighted by Crippen LogP contribution is 2.37. The van der Waals surface area contributed by atoms with Crippen LogP contribution < -0.4 is 0 Å². The number of carbonyl (C=O) groups excluding carboxylic acids is 1. The molecule has 0 aliphatic carbocycles. The van der Waals surface area contributed by atoms with E-state index in [1.807, 2.05) is 0 Å². The zero-order chi connectivity index (χ0) is 24.6. The lowest BCUT2D eigenvalue weighted by Gasteiger charge is -2.21. The van der Waals surface area contributed by atoms with Crippen LogP contribution in [0.2, 0.25) is 0 Å². The number of rotatable bonds is 14. The number of ketones is 1. The third kappa shape index (κ3) is 9.14. The Labute approximate surface area is 207 Å². The van der Waals surface area contributed by atoms with E-state index in [1.54, 1.807) is 25.6 Å². The van der Waals surface area contributed by atoms with E-state index < -0.39 is 22.2 Å². The van der Waals surface area contributed by atoms with Gasteiger partial charge in [0.15, 0.2) is 0 Å². The second-order valence-corrected chi connectivity index (χ2v) is 14.7. The molecule has 2 aliphatic rings. The topological polar surface area (TPSA) is 91.7 Å². The van der Waals surface area contributed by atoms with E-state index in [0.29, 0.717) is 18.6 Å². The Morgan fingerprint density at radius 3 is 2.39 bits per heavy atom. The largest absolute Gasteiger partial charge is 0.481 e. The van der Waals surface area contributed by atoms with Gasteiger partial charge in [-0.25, -0.2) is 0 Å². The lowest BCUT2D eigenvalue weighted by Crippen LogP contribution is -2.23. The van der Waals surface area contributed by atoms with Crippen LogP contribution in [-0.4, -0.2) is 53.8 Å². The van der Waals surface area contributed by atoms with Gasteiger partial charge in [0.2, 0.25) is 0 Å². The van der Waals surface area contributed by atoms with E-state index in [-0.39, 0.29) is 33.0 Å². The zero-order valence-corrected chi connectivity index (χ0v) is 22.5. The van der Waals surface area contributed by atoms with Crippen LogP contribution in [0.5, 0.6) is 0 Å².